The van der Waals surface area contributed by atoms with Crippen LogP contribution in [-0.4, -0.2) is 21.8 Å². The molecule has 0 atom stereocenters. The van der Waals surface area contributed by atoms with Crippen molar-refractivity contribution < 1.29 is 18.4 Å². The summed E-state index contributed by atoms with van der Waals surface area (Å²) in [7, 11) is 0. The largest absolute Gasteiger partial charge is 0.345 e. The lowest BCUT2D eigenvalue weighted by atomic mass is 10.2. The highest BCUT2D eigenvalue weighted by Crippen LogP contribution is 2.19. The second-order valence-electron chi connectivity index (χ2n) is 5.48. The molecule has 2 aromatic heterocycles. The number of nitrogens with one attached hydrogen (secondary N) is 2. The summed E-state index contributed by atoms with van der Waals surface area (Å²) in [6.07, 6.45) is 2.87. The fourth-order valence-electron chi connectivity index (χ4n) is 2.26. The third-order valence-electron chi connectivity index (χ3n) is 3.61. The van der Waals surface area contributed by atoms with Gasteiger partial charge in [0.15, 0.2) is 0 Å². The maximum absolute atomic E-state index is 13.7. The van der Waals surface area contributed by atoms with E-state index in [1.807, 2.05) is 0 Å². The second-order valence-corrected chi connectivity index (χ2v) is 5.48. The molecule has 0 bridgehead atoms. The van der Waals surface area contributed by atoms with Crippen molar-refractivity contribution in [2.45, 2.75) is 6.54 Å². The Bertz CT molecular complexity index is 960. The van der Waals surface area contributed by atoms with E-state index in [9.17, 15) is 18.4 Å². The standard InChI is InChI=1S/C19H14F2N4O2/c20-14-5-3-6-15(21)17(14)25-18(26)12-7-9-23-16(10-12)19(27)24-11-13-4-1-2-8-22-13/h1-10H,11H2,(H,24,27)(H,25,26). The summed E-state index contributed by atoms with van der Waals surface area (Å²) in [5.41, 5.74) is 0.137. The third-order valence-corrected chi connectivity index (χ3v) is 3.61. The topological polar surface area (TPSA) is 84.0 Å². The quantitative estimate of drug-likeness (QED) is 0.725. The first-order valence-electron chi connectivity index (χ1n) is 7.94. The van der Waals surface area contributed by atoms with E-state index in [0.717, 1.165) is 12.1 Å². The van der Waals surface area contributed by atoms with Crippen LogP contribution >= 0.6 is 0 Å². The maximum atomic E-state index is 13.7. The van der Waals surface area contributed by atoms with Crippen LogP contribution in [0.4, 0.5) is 14.5 Å². The highest BCUT2D eigenvalue weighted by molar-refractivity contribution is 6.05. The van der Waals surface area contributed by atoms with Crippen LogP contribution in [0.3, 0.4) is 0 Å². The number of halogens is 2. The van der Waals surface area contributed by atoms with Crippen LogP contribution in [0.25, 0.3) is 0 Å². The summed E-state index contributed by atoms with van der Waals surface area (Å²) in [5, 5.41) is 4.79. The van der Waals surface area contributed by atoms with Gasteiger partial charge in [-0.1, -0.05) is 12.1 Å². The maximum Gasteiger partial charge on any atom is 0.270 e. The predicted octanol–water partition coefficient (Wildman–Crippen LogP) is 2.94. The van der Waals surface area contributed by atoms with Crippen molar-refractivity contribution in [1.82, 2.24) is 15.3 Å². The van der Waals surface area contributed by atoms with Crippen LogP contribution in [0.2, 0.25) is 0 Å². The molecule has 0 aliphatic rings. The van der Waals surface area contributed by atoms with Crippen LogP contribution in [-0.2, 0) is 6.54 Å². The van der Waals surface area contributed by atoms with Crippen molar-refractivity contribution in [3.8, 4) is 0 Å². The molecular weight excluding hydrogens is 354 g/mol. The Morgan fingerprint density at radius 2 is 1.67 bits per heavy atom. The van der Waals surface area contributed by atoms with E-state index in [2.05, 4.69) is 20.6 Å². The van der Waals surface area contributed by atoms with Crippen LogP contribution in [0, 0.1) is 11.6 Å². The van der Waals surface area contributed by atoms with Gasteiger partial charge in [-0.3, -0.25) is 19.6 Å². The number of rotatable bonds is 5. The summed E-state index contributed by atoms with van der Waals surface area (Å²) in [6.45, 7) is 0.193. The Balaban J connectivity index is 1.71. The fraction of sp³-hybridized carbons (Fsp3) is 0.0526. The van der Waals surface area contributed by atoms with Crippen LogP contribution in [0.1, 0.15) is 26.5 Å². The number of aromatic nitrogens is 2. The lowest BCUT2D eigenvalue weighted by molar-refractivity contribution is 0.0945. The molecule has 136 valence electrons. The van der Waals surface area contributed by atoms with Gasteiger partial charge in [0.25, 0.3) is 11.8 Å². The van der Waals surface area contributed by atoms with Gasteiger partial charge in [-0.2, -0.15) is 0 Å². The summed E-state index contributed by atoms with van der Waals surface area (Å²) >= 11 is 0. The Morgan fingerprint density at radius 1 is 0.889 bits per heavy atom. The van der Waals surface area contributed by atoms with Crippen molar-refractivity contribution in [2.24, 2.45) is 0 Å². The lowest BCUT2D eigenvalue weighted by Crippen LogP contribution is -2.25. The molecule has 0 spiro atoms. The number of benzene rings is 1. The van der Waals surface area contributed by atoms with Gasteiger partial charge in [-0.25, -0.2) is 8.78 Å². The highest BCUT2D eigenvalue weighted by Gasteiger charge is 2.15. The number of hydrogen-bond donors (Lipinski definition) is 2. The Kier molecular flexibility index (Phi) is 5.46. The zero-order valence-corrected chi connectivity index (χ0v) is 13.9. The molecule has 0 aliphatic heterocycles. The van der Waals surface area contributed by atoms with Gasteiger partial charge in [-0.05, 0) is 36.4 Å². The van der Waals surface area contributed by atoms with E-state index >= 15 is 0 Å². The van der Waals surface area contributed by atoms with Crippen molar-refractivity contribution in [3.05, 3.63) is 89.5 Å². The number of para-hydroxylation sites is 1. The van der Waals surface area contributed by atoms with Gasteiger partial charge >= 0.3 is 0 Å². The summed E-state index contributed by atoms with van der Waals surface area (Å²) in [5.74, 6) is -3.07. The minimum atomic E-state index is -0.897. The first-order chi connectivity index (χ1) is 13.0. The summed E-state index contributed by atoms with van der Waals surface area (Å²) in [4.78, 5) is 32.5. The molecule has 2 heterocycles. The predicted molar refractivity (Wildman–Crippen MR) is 94.0 cm³/mol. The van der Waals surface area contributed by atoms with Crippen LogP contribution in [0.15, 0.2) is 60.9 Å². The SMILES string of the molecule is O=C(Nc1c(F)cccc1F)c1ccnc(C(=O)NCc2ccccn2)c1. The Morgan fingerprint density at radius 3 is 2.37 bits per heavy atom. The number of pyridine rings is 2. The zero-order chi connectivity index (χ0) is 19.2. The van der Waals surface area contributed by atoms with Gasteiger partial charge in [0, 0.05) is 18.0 Å². The molecule has 3 aromatic rings. The molecule has 0 saturated carbocycles. The number of anilines is 1. The normalized spacial score (nSPS) is 10.3. The first-order valence-corrected chi connectivity index (χ1v) is 7.94. The van der Waals surface area contributed by atoms with Crippen molar-refractivity contribution >= 4 is 17.5 Å². The van der Waals surface area contributed by atoms with E-state index in [-0.39, 0.29) is 17.8 Å². The highest BCUT2D eigenvalue weighted by atomic mass is 19.1. The Labute approximate surface area is 153 Å². The summed E-state index contributed by atoms with van der Waals surface area (Å²) < 4.78 is 27.3. The fourth-order valence-corrected chi connectivity index (χ4v) is 2.26. The van der Waals surface area contributed by atoms with E-state index < -0.39 is 29.1 Å². The van der Waals surface area contributed by atoms with E-state index in [1.165, 1.54) is 24.4 Å². The molecule has 0 aliphatic carbocycles. The van der Waals surface area contributed by atoms with Gasteiger partial charge in [0.05, 0.1) is 12.2 Å². The molecule has 0 unspecified atom stereocenters. The average Bonchev–Trinajstić information content (AvgIpc) is 2.70. The van der Waals surface area contributed by atoms with Gasteiger partial charge < -0.3 is 10.6 Å². The molecule has 8 heteroatoms. The minimum absolute atomic E-state index is 0.00686. The molecule has 0 radical (unpaired) electrons. The van der Waals surface area contributed by atoms with Crippen molar-refractivity contribution in [3.63, 3.8) is 0 Å². The molecular formula is C19H14F2N4O2. The zero-order valence-electron chi connectivity index (χ0n) is 13.9. The van der Waals surface area contributed by atoms with Gasteiger partial charge in [-0.15, -0.1) is 0 Å². The molecule has 1 aromatic carbocycles. The smallest absolute Gasteiger partial charge is 0.270 e. The minimum Gasteiger partial charge on any atom is -0.345 e. The molecule has 2 amide bonds. The molecule has 0 fully saturated rings. The Hall–Kier alpha value is -3.68. The number of amides is 2. The van der Waals surface area contributed by atoms with E-state index in [1.54, 1.807) is 24.4 Å². The number of nitrogens with zero attached hydrogens (tertiary/aromatic N) is 2. The second kappa shape index (κ2) is 8.13. The van der Waals surface area contributed by atoms with E-state index in [4.69, 9.17) is 0 Å². The van der Waals surface area contributed by atoms with Gasteiger partial charge in [0.2, 0.25) is 0 Å². The monoisotopic (exact) mass is 368 g/mol. The third kappa shape index (κ3) is 4.49. The van der Waals surface area contributed by atoms with Crippen molar-refractivity contribution in [2.75, 3.05) is 5.32 Å². The van der Waals surface area contributed by atoms with Crippen LogP contribution < -0.4 is 10.6 Å². The number of carbonyl (C=O) groups excluding carboxylic acids is 2. The lowest BCUT2D eigenvalue weighted by Gasteiger charge is -2.09. The van der Waals surface area contributed by atoms with Gasteiger partial charge in [0.1, 0.15) is 23.0 Å². The molecule has 3 rings (SSSR count). The molecule has 0 saturated heterocycles. The molecule has 27 heavy (non-hydrogen) atoms. The first kappa shape index (κ1) is 18.1. The van der Waals surface area contributed by atoms with Crippen LogP contribution in [0.5, 0.6) is 0 Å². The van der Waals surface area contributed by atoms with Crippen molar-refractivity contribution in [1.29, 1.82) is 0 Å². The summed E-state index contributed by atoms with van der Waals surface area (Å²) in [6, 6.07) is 11.1. The molecule has 6 nitrogen and oxygen atoms in total. The number of hydrogen-bond acceptors (Lipinski definition) is 4. The number of carbonyl (C=O) groups is 2. The molecule has 2 N–H and O–H groups in total. The average molecular weight is 368 g/mol. The van der Waals surface area contributed by atoms with E-state index in [0.29, 0.717) is 5.69 Å².